The second-order valence-electron chi connectivity index (χ2n) is 5.19. The molecule has 1 atom stereocenters. The molecule has 0 amide bonds. The van der Waals surface area contributed by atoms with Gasteiger partial charge in [-0.15, -0.1) is 11.8 Å². The molecule has 0 bridgehead atoms. The van der Waals surface area contributed by atoms with Crippen molar-refractivity contribution < 1.29 is 8.42 Å². The Kier molecular flexibility index (Phi) is 3.49. The van der Waals surface area contributed by atoms with E-state index in [0.717, 1.165) is 16.3 Å². The van der Waals surface area contributed by atoms with Crippen LogP contribution in [0.15, 0.2) is 34.1 Å². The van der Waals surface area contributed by atoms with Gasteiger partial charge in [-0.05, 0) is 32.9 Å². The maximum atomic E-state index is 13.1. The molecule has 0 spiro atoms. The molecule has 0 aliphatic carbocycles. The number of nitrogens with one attached hydrogen (secondary N) is 1. The van der Waals surface area contributed by atoms with Gasteiger partial charge in [0.15, 0.2) is 0 Å². The molecule has 7 heteroatoms. The summed E-state index contributed by atoms with van der Waals surface area (Å²) in [5.74, 6) is 0.742. The molecule has 0 radical (unpaired) electrons. The maximum Gasteiger partial charge on any atom is 0.268 e. The van der Waals surface area contributed by atoms with Crippen LogP contribution in [-0.4, -0.2) is 30.4 Å². The van der Waals surface area contributed by atoms with Crippen LogP contribution in [0.1, 0.15) is 18.3 Å². The summed E-state index contributed by atoms with van der Waals surface area (Å²) in [4.78, 5) is 1.29. The highest BCUT2D eigenvalue weighted by Crippen LogP contribution is 2.40. The summed E-state index contributed by atoms with van der Waals surface area (Å²) < 4.78 is 27.8. The second kappa shape index (κ2) is 5.06. The molecule has 5 nitrogen and oxygen atoms in total. The smallest absolute Gasteiger partial charge is 0.268 e. The third-order valence-electron chi connectivity index (χ3n) is 3.56. The standard InChI is InChI=1S/C14H17N3O2S2/c1-9-8-20-13-7-5-4-6-12(13)17(9)21(18,19)14-10(2)15-16-11(14)3/h4-7,9H,8H2,1-3H3,(H,15,16)/t9-/m1/s1. The monoisotopic (exact) mass is 323 g/mol. The zero-order chi connectivity index (χ0) is 15.2. The summed E-state index contributed by atoms with van der Waals surface area (Å²) in [7, 11) is -3.62. The topological polar surface area (TPSA) is 66.1 Å². The molecule has 1 aliphatic rings. The number of H-pyrrole nitrogens is 1. The molecule has 0 saturated carbocycles. The fourth-order valence-electron chi connectivity index (χ4n) is 2.66. The lowest BCUT2D eigenvalue weighted by atomic mass is 10.3. The predicted octanol–water partition coefficient (Wildman–Crippen LogP) is 2.72. The molecule has 0 fully saturated rings. The van der Waals surface area contributed by atoms with E-state index in [-0.39, 0.29) is 10.9 Å². The van der Waals surface area contributed by atoms with Gasteiger partial charge in [-0.25, -0.2) is 8.42 Å². The first-order chi connectivity index (χ1) is 9.93. The van der Waals surface area contributed by atoms with Crippen LogP contribution in [0.3, 0.4) is 0 Å². The molecular weight excluding hydrogens is 306 g/mol. The van der Waals surface area contributed by atoms with Crippen molar-refractivity contribution in [2.45, 2.75) is 36.6 Å². The van der Waals surface area contributed by atoms with Crippen LogP contribution in [-0.2, 0) is 10.0 Å². The molecule has 0 saturated heterocycles. The number of rotatable bonds is 2. The van der Waals surface area contributed by atoms with E-state index < -0.39 is 10.0 Å². The number of sulfonamides is 1. The third-order valence-corrected chi connectivity index (χ3v) is 7.06. The number of hydrogen-bond acceptors (Lipinski definition) is 4. The average molecular weight is 323 g/mol. The third kappa shape index (κ3) is 2.24. The Bertz CT molecular complexity index is 764. The number of anilines is 1. The van der Waals surface area contributed by atoms with Gasteiger partial charge in [0.25, 0.3) is 10.0 Å². The normalized spacial score (nSPS) is 18.6. The minimum absolute atomic E-state index is 0.0939. The van der Waals surface area contributed by atoms with Crippen molar-refractivity contribution in [1.82, 2.24) is 10.2 Å². The fourth-order valence-corrected chi connectivity index (χ4v) is 5.89. The van der Waals surface area contributed by atoms with E-state index in [1.165, 1.54) is 4.31 Å². The van der Waals surface area contributed by atoms with Crippen LogP contribution in [0.25, 0.3) is 0 Å². The Morgan fingerprint density at radius 2 is 2.05 bits per heavy atom. The van der Waals surface area contributed by atoms with Gasteiger partial charge in [-0.3, -0.25) is 9.40 Å². The van der Waals surface area contributed by atoms with E-state index in [2.05, 4.69) is 10.2 Å². The number of hydrogen-bond donors (Lipinski definition) is 1. The van der Waals surface area contributed by atoms with Crippen molar-refractivity contribution in [3.63, 3.8) is 0 Å². The van der Waals surface area contributed by atoms with Crippen molar-refractivity contribution >= 4 is 27.5 Å². The van der Waals surface area contributed by atoms with E-state index in [9.17, 15) is 8.42 Å². The first-order valence-corrected chi connectivity index (χ1v) is 9.13. The van der Waals surface area contributed by atoms with Crippen LogP contribution in [0, 0.1) is 13.8 Å². The number of aromatic nitrogens is 2. The Morgan fingerprint density at radius 1 is 1.33 bits per heavy atom. The van der Waals surface area contributed by atoms with Crippen molar-refractivity contribution in [3.8, 4) is 0 Å². The Morgan fingerprint density at radius 3 is 2.71 bits per heavy atom. The molecule has 1 aliphatic heterocycles. The number of fused-ring (bicyclic) bond motifs is 1. The first-order valence-electron chi connectivity index (χ1n) is 6.70. The van der Waals surface area contributed by atoms with Gasteiger partial charge in [0.1, 0.15) is 4.90 Å². The number of aromatic amines is 1. The summed E-state index contributed by atoms with van der Waals surface area (Å²) >= 11 is 1.69. The lowest BCUT2D eigenvalue weighted by Crippen LogP contribution is -2.42. The van der Waals surface area contributed by atoms with Gasteiger partial charge in [0.2, 0.25) is 0 Å². The lowest BCUT2D eigenvalue weighted by Gasteiger charge is -2.35. The summed E-state index contributed by atoms with van der Waals surface area (Å²) in [6, 6.07) is 7.53. The molecule has 0 unspecified atom stereocenters. The summed E-state index contributed by atoms with van der Waals surface area (Å²) in [6.07, 6.45) is 0. The SMILES string of the molecule is Cc1n[nH]c(C)c1S(=O)(=O)N1c2ccccc2SC[C@H]1C. The van der Waals surface area contributed by atoms with Crippen molar-refractivity contribution in [2.75, 3.05) is 10.1 Å². The van der Waals surface area contributed by atoms with Crippen molar-refractivity contribution in [3.05, 3.63) is 35.7 Å². The summed E-state index contributed by atoms with van der Waals surface area (Å²) in [6.45, 7) is 5.39. The quantitative estimate of drug-likeness (QED) is 0.923. The van der Waals surface area contributed by atoms with Crippen LogP contribution in [0.2, 0.25) is 0 Å². The van der Waals surface area contributed by atoms with Crippen molar-refractivity contribution in [1.29, 1.82) is 0 Å². The highest BCUT2D eigenvalue weighted by atomic mass is 32.2. The van der Waals surface area contributed by atoms with Crippen LogP contribution >= 0.6 is 11.8 Å². The first kappa shape index (κ1) is 14.5. The number of thioether (sulfide) groups is 1. The minimum Gasteiger partial charge on any atom is -0.281 e. The zero-order valence-electron chi connectivity index (χ0n) is 12.1. The Labute approximate surface area is 128 Å². The summed E-state index contributed by atoms with van der Waals surface area (Å²) in [5, 5.41) is 6.78. The largest absolute Gasteiger partial charge is 0.281 e. The molecule has 1 aromatic heterocycles. The van der Waals surface area contributed by atoms with Gasteiger partial charge in [0, 0.05) is 10.6 Å². The highest BCUT2D eigenvalue weighted by molar-refractivity contribution is 8.00. The molecule has 1 N–H and O–H groups in total. The Balaban J connectivity index is 2.20. The molecule has 21 heavy (non-hydrogen) atoms. The zero-order valence-corrected chi connectivity index (χ0v) is 13.8. The van der Waals surface area contributed by atoms with Crippen LogP contribution < -0.4 is 4.31 Å². The molecule has 3 rings (SSSR count). The fraction of sp³-hybridized carbons (Fsp3) is 0.357. The molecule has 2 heterocycles. The molecule has 112 valence electrons. The number of benzene rings is 1. The number of nitrogens with zero attached hydrogens (tertiary/aromatic N) is 2. The Hall–Kier alpha value is -1.47. The van der Waals surface area contributed by atoms with E-state index in [0.29, 0.717) is 11.4 Å². The van der Waals surface area contributed by atoms with Crippen molar-refractivity contribution in [2.24, 2.45) is 0 Å². The molecular formula is C14H17N3O2S2. The van der Waals surface area contributed by atoms with E-state index in [1.807, 2.05) is 31.2 Å². The van der Waals surface area contributed by atoms with Gasteiger partial charge >= 0.3 is 0 Å². The molecule has 1 aromatic carbocycles. The van der Waals surface area contributed by atoms with E-state index in [4.69, 9.17) is 0 Å². The molecule has 2 aromatic rings. The maximum absolute atomic E-state index is 13.1. The number of para-hydroxylation sites is 1. The second-order valence-corrected chi connectivity index (χ2v) is 8.01. The van der Waals surface area contributed by atoms with Gasteiger partial charge < -0.3 is 0 Å². The van der Waals surface area contributed by atoms with Gasteiger partial charge in [-0.2, -0.15) is 5.10 Å². The predicted molar refractivity (Wildman–Crippen MR) is 84.4 cm³/mol. The van der Waals surface area contributed by atoms with Crippen LogP contribution in [0.4, 0.5) is 5.69 Å². The van der Waals surface area contributed by atoms with E-state index in [1.54, 1.807) is 25.6 Å². The highest BCUT2D eigenvalue weighted by Gasteiger charge is 2.36. The van der Waals surface area contributed by atoms with E-state index >= 15 is 0 Å². The average Bonchev–Trinajstić information content (AvgIpc) is 2.78. The number of aryl methyl sites for hydroxylation is 2. The van der Waals surface area contributed by atoms with Gasteiger partial charge in [0.05, 0.1) is 23.1 Å². The minimum atomic E-state index is -3.62. The van der Waals surface area contributed by atoms with Gasteiger partial charge in [-0.1, -0.05) is 12.1 Å². The summed E-state index contributed by atoms with van der Waals surface area (Å²) in [5.41, 5.74) is 1.84. The van der Waals surface area contributed by atoms with Crippen LogP contribution in [0.5, 0.6) is 0 Å². The lowest BCUT2D eigenvalue weighted by molar-refractivity contribution is 0.582.